The number of non-ortho nitro benzene ring substituents is 1. The van der Waals surface area contributed by atoms with Crippen molar-refractivity contribution in [2.45, 2.75) is 18.9 Å². The van der Waals surface area contributed by atoms with E-state index in [0.29, 0.717) is 30.4 Å². The molecule has 0 saturated carbocycles. The predicted octanol–water partition coefficient (Wildman–Crippen LogP) is 2.76. The van der Waals surface area contributed by atoms with Crippen molar-refractivity contribution in [2.75, 3.05) is 24.8 Å². The summed E-state index contributed by atoms with van der Waals surface area (Å²) < 4.78 is 0. The van der Waals surface area contributed by atoms with Gasteiger partial charge in [-0.1, -0.05) is 12.1 Å². The van der Waals surface area contributed by atoms with Gasteiger partial charge in [0.2, 0.25) is 0 Å². The lowest BCUT2D eigenvalue weighted by molar-refractivity contribution is -0.384. The lowest BCUT2D eigenvalue weighted by Crippen LogP contribution is -2.55. The van der Waals surface area contributed by atoms with Crippen LogP contribution in [0.1, 0.15) is 12.5 Å². The predicted molar refractivity (Wildman–Crippen MR) is 85.9 cm³/mol. The third-order valence-electron chi connectivity index (χ3n) is 3.56. The first-order chi connectivity index (χ1) is 10.3. The first-order valence-corrected chi connectivity index (χ1v) is 7.75. The second-order valence-corrected chi connectivity index (χ2v) is 5.80. The summed E-state index contributed by atoms with van der Waals surface area (Å²) in [4.78, 5) is 23.6. The van der Waals surface area contributed by atoms with Crippen LogP contribution in [0.15, 0.2) is 24.3 Å². The molecule has 1 rings (SSSR count). The van der Waals surface area contributed by atoms with E-state index in [2.05, 4.69) is 0 Å². The molecule has 0 radical (unpaired) electrons. The van der Waals surface area contributed by atoms with Gasteiger partial charge >= 0.3 is 5.97 Å². The van der Waals surface area contributed by atoms with Crippen LogP contribution in [0.4, 0.5) is 5.69 Å². The van der Waals surface area contributed by atoms with Gasteiger partial charge in [0.25, 0.3) is 5.69 Å². The summed E-state index contributed by atoms with van der Waals surface area (Å²) in [7, 11) is 0. The molecule has 22 heavy (non-hydrogen) atoms. The fourth-order valence-corrected chi connectivity index (χ4v) is 2.67. The second-order valence-electron chi connectivity index (χ2n) is 5.04. The van der Waals surface area contributed by atoms with Gasteiger partial charge in [0.15, 0.2) is 0 Å². The number of alkyl halides is 2. The summed E-state index contributed by atoms with van der Waals surface area (Å²) in [5, 5.41) is 20.3. The van der Waals surface area contributed by atoms with Crippen LogP contribution in [0.3, 0.4) is 0 Å². The molecule has 1 atom stereocenters. The summed E-state index contributed by atoms with van der Waals surface area (Å²) in [6.45, 7) is 2.39. The van der Waals surface area contributed by atoms with Gasteiger partial charge in [-0.15, -0.1) is 23.2 Å². The van der Waals surface area contributed by atoms with Crippen LogP contribution in [0.2, 0.25) is 0 Å². The Balaban J connectivity index is 3.03. The van der Waals surface area contributed by atoms with Crippen molar-refractivity contribution in [1.82, 2.24) is 4.90 Å². The van der Waals surface area contributed by atoms with Gasteiger partial charge in [0.05, 0.1) is 4.92 Å². The van der Waals surface area contributed by atoms with Crippen molar-refractivity contribution in [3.63, 3.8) is 0 Å². The van der Waals surface area contributed by atoms with E-state index in [-0.39, 0.29) is 12.1 Å². The number of carboxylic acids is 1. The zero-order valence-electron chi connectivity index (χ0n) is 12.2. The normalized spacial score (nSPS) is 13.8. The highest BCUT2D eigenvalue weighted by molar-refractivity contribution is 6.18. The van der Waals surface area contributed by atoms with Crippen LogP contribution in [0.25, 0.3) is 0 Å². The Morgan fingerprint density at radius 2 is 1.77 bits per heavy atom. The van der Waals surface area contributed by atoms with Crippen LogP contribution < -0.4 is 0 Å². The van der Waals surface area contributed by atoms with Crippen LogP contribution in [0, 0.1) is 10.1 Å². The zero-order chi connectivity index (χ0) is 16.8. The smallest absolute Gasteiger partial charge is 0.324 e. The van der Waals surface area contributed by atoms with E-state index in [0.717, 1.165) is 0 Å². The summed E-state index contributed by atoms with van der Waals surface area (Å²) in [5.41, 5.74) is -0.510. The quantitative estimate of drug-likeness (QED) is 0.421. The molecule has 0 bridgehead atoms. The molecule has 0 aliphatic rings. The van der Waals surface area contributed by atoms with Crippen molar-refractivity contribution in [3.8, 4) is 0 Å². The van der Waals surface area contributed by atoms with Crippen molar-refractivity contribution >= 4 is 34.9 Å². The Labute approximate surface area is 138 Å². The van der Waals surface area contributed by atoms with E-state index in [1.165, 1.54) is 12.1 Å². The number of nitro benzene ring substituents is 1. The minimum Gasteiger partial charge on any atom is -0.480 e. The first kappa shape index (κ1) is 18.7. The Hall–Kier alpha value is -1.37. The monoisotopic (exact) mass is 348 g/mol. The third kappa shape index (κ3) is 4.56. The standard InChI is InChI=1S/C14H18Cl2N2O4/c1-14(13(19)20,17(8-6-15)9-7-16)10-11-2-4-12(5-3-11)18(21)22/h2-5H,6-10H2,1H3,(H,19,20)/t14-/m0/s1. The molecule has 0 aromatic heterocycles. The fraction of sp³-hybridized carbons (Fsp3) is 0.500. The second kappa shape index (κ2) is 8.31. The molecule has 0 heterocycles. The fourth-order valence-electron chi connectivity index (χ4n) is 2.27. The highest BCUT2D eigenvalue weighted by atomic mass is 35.5. The van der Waals surface area contributed by atoms with Crippen molar-refractivity contribution < 1.29 is 14.8 Å². The number of carboxylic acid groups (broad SMARTS) is 1. The maximum Gasteiger partial charge on any atom is 0.324 e. The topological polar surface area (TPSA) is 83.7 Å². The highest BCUT2D eigenvalue weighted by Crippen LogP contribution is 2.23. The molecule has 1 aromatic carbocycles. The highest BCUT2D eigenvalue weighted by Gasteiger charge is 2.39. The average Bonchev–Trinajstić information content (AvgIpc) is 2.47. The summed E-state index contributed by atoms with van der Waals surface area (Å²) in [6, 6.07) is 5.87. The van der Waals surface area contributed by atoms with Gasteiger partial charge in [0.1, 0.15) is 5.54 Å². The van der Waals surface area contributed by atoms with E-state index in [1.54, 1.807) is 24.0 Å². The lowest BCUT2D eigenvalue weighted by atomic mass is 9.90. The Morgan fingerprint density at radius 3 is 2.14 bits per heavy atom. The van der Waals surface area contributed by atoms with Gasteiger partial charge in [-0.2, -0.15) is 0 Å². The minimum atomic E-state index is -1.18. The SMILES string of the molecule is C[C@](Cc1ccc([N+](=O)[O-])cc1)(C(=O)O)N(CCCl)CCCl. The molecule has 0 spiro atoms. The molecule has 0 unspecified atom stereocenters. The molecule has 1 aromatic rings. The molecular formula is C14H18Cl2N2O4. The largest absolute Gasteiger partial charge is 0.480 e. The molecule has 0 saturated heterocycles. The van der Waals surface area contributed by atoms with Crippen LogP contribution in [0.5, 0.6) is 0 Å². The van der Waals surface area contributed by atoms with Crippen molar-refractivity contribution in [3.05, 3.63) is 39.9 Å². The molecule has 6 nitrogen and oxygen atoms in total. The summed E-state index contributed by atoms with van der Waals surface area (Å²) in [6.07, 6.45) is 0.202. The molecular weight excluding hydrogens is 331 g/mol. The number of carbonyl (C=O) groups is 1. The molecule has 0 aliphatic carbocycles. The molecule has 0 amide bonds. The maximum atomic E-state index is 11.8. The summed E-state index contributed by atoms with van der Waals surface area (Å²) >= 11 is 11.5. The average molecular weight is 349 g/mol. The summed E-state index contributed by atoms with van der Waals surface area (Å²) in [5.74, 6) is -0.402. The van der Waals surface area contributed by atoms with Crippen LogP contribution in [-0.2, 0) is 11.2 Å². The van der Waals surface area contributed by atoms with Gasteiger partial charge in [-0.25, -0.2) is 0 Å². The van der Waals surface area contributed by atoms with E-state index < -0.39 is 16.4 Å². The van der Waals surface area contributed by atoms with Crippen molar-refractivity contribution in [1.29, 1.82) is 0 Å². The van der Waals surface area contributed by atoms with Crippen LogP contribution >= 0.6 is 23.2 Å². The first-order valence-electron chi connectivity index (χ1n) is 6.69. The molecule has 1 N–H and O–H groups in total. The third-order valence-corrected chi connectivity index (χ3v) is 3.90. The number of hydrogen-bond acceptors (Lipinski definition) is 4. The van der Waals surface area contributed by atoms with E-state index in [9.17, 15) is 20.0 Å². The number of nitro groups is 1. The van der Waals surface area contributed by atoms with E-state index >= 15 is 0 Å². The lowest BCUT2D eigenvalue weighted by Gasteiger charge is -2.37. The molecule has 0 fully saturated rings. The Bertz CT molecular complexity index is 518. The number of rotatable bonds is 9. The number of hydrogen-bond donors (Lipinski definition) is 1. The number of benzene rings is 1. The van der Waals surface area contributed by atoms with Gasteiger partial charge in [-0.3, -0.25) is 19.8 Å². The van der Waals surface area contributed by atoms with Gasteiger partial charge in [-0.05, 0) is 12.5 Å². The van der Waals surface area contributed by atoms with E-state index in [1.807, 2.05) is 0 Å². The van der Waals surface area contributed by atoms with E-state index in [4.69, 9.17) is 23.2 Å². The zero-order valence-corrected chi connectivity index (χ0v) is 13.7. The van der Waals surface area contributed by atoms with Crippen LogP contribution in [-0.4, -0.2) is 51.3 Å². The van der Waals surface area contributed by atoms with Gasteiger partial charge < -0.3 is 5.11 Å². The number of aliphatic carboxylic acids is 1. The molecule has 0 aliphatic heterocycles. The molecule has 8 heteroatoms. The molecule has 122 valence electrons. The maximum absolute atomic E-state index is 11.8. The van der Waals surface area contributed by atoms with Crippen molar-refractivity contribution in [2.24, 2.45) is 0 Å². The van der Waals surface area contributed by atoms with Gasteiger partial charge in [0, 0.05) is 43.4 Å². The Morgan fingerprint density at radius 1 is 1.27 bits per heavy atom. The Kier molecular flexibility index (Phi) is 7.06. The number of halogens is 2. The minimum absolute atomic E-state index is 0.0286. The number of nitrogens with zero attached hydrogens (tertiary/aromatic N) is 2.